The molecule has 32 heavy (non-hydrogen) atoms. The molecular weight excluding hydrogens is 470 g/mol. The summed E-state index contributed by atoms with van der Waals surface area (Å²) >= 11 is 5.50. The van der Waals surface area contributed by atoms with Gasteiger partial charge < -0.3 is 10.5 Å². The van der Waals surface area contributed by atoms with E-state index in [1.54, 1.807) is 0 Å². The van der Waals surface area contributed by atoms with Gasteiger partial charge in [-0.1, -0.05) is 25.4 Å². The topological polar surface area (TPSA) is 35.2 Å². The van der Waals surface area contributed by atoms with Gasteiger partial charge in [0.2, 0.25) is 0 Å². The zero-order valence-corrected chi connectivity index (χ0v) is 17.9. The van der Waals surface area contributed by atoms with E-state index in [4.69, 9.17) is 22.1 Å². The van der Waals surface area contributed by atoms with E-state index >= 15 is 0 Å². The van der Waals surface area contributed by atoms with Crippen molar-refractivity contribution >= 4 is 11.6 Å². The van der Waals surface area contributed by atoms with Gasteiger partial charge in [-0.3, -0.25) is 0 Å². The Hall–Kier alpha value is -2.07. The fourth-order valence-corrected chi connectivity index (χ4v) is 3.87. The van der Waals surface area contributed by atoms with Gasteiger partial charge in [-0.15, -0.1) is 0 Å². The molecule has 0 saturated carbocycles. The minimum Gasteiger partial charge on any atom is -0.496 e. The van der Waals surface area contributed by atoms with Crippen molar-refractivity contribution in [3.63, 3.8) is 0 Å². The summed E-state index contributed by atoms with van der Waals surface area (Å²) in [5.41, 5.74) is -1.25. The maximum atomic E-state index is 14.4. The molecule has 1 atom stereocenters. The van der Waals surface area contributed by atoms with Crippen LogP contribution in [0.3, 0.4) is 0 Å². The van der Waals surface area contributed by atoms with Crippen molar-refractivity contribution in [3.8, 4) is 5.75 Å². The number of nitrogens with two attached hydrogens (primary N) is 1. The van der Waals surface area contributed by atoms with Gasteiger partial charge in [0.15, 0.2) is 0 Å². The van der Waals surface area contributed by atoms with E-state index in [-0.39, 0.29) is 23.4 Å². The van der Waals surface area contributed by atoms with Crippen LogP contribution in [0.2, 0.25) is 5.02 Å². The number of ether oxygens (including phenoxy) is 1. The minimum atomic E-state index is -5.15. The van der Waals surface area contributed by atoms with Crippen LogP contribution in [0, 0.1) is 11.6 Å². The maximum Gasteiger partial charge on any atom is 0.416 e. The first kappa shape index (κ1) is 26.2. The van der Waals surface area contributed by atoms with Crippen molar-refractivity contribution in [2.75, 3.05) is 7.11 Å². The van der Waals surface area contributed by atoms with Gasteiger partial charge in [-0.25, -0.2) is 8.78 Å². The van der Waals surface area contributed by atoms with E-state index < -0.39 is 63.9 Å². The second-order valence-electron chi connectivity index (χ2n) is 8.16. The van der Waals surface area contributed by atoms with Gasteiger partial charge in [0, 0.05) is 12.0 Å². The van der Waals surface area contributed by atoms with Crippen molar-refractivity contribution < 1.29 is 39.9 Å². The molecule has 0 amide bonds. The number of hydrogen-bond donors (Lipinski definition) is 1. The minimum absolute atomic E-state index is 0.0571. The Morgan fingerprint density at radius 3 is 2.06 bits per heavy atom. The van der Waals surface area contributed by atoms with E-state index in [0.29, 0.717) is 0 Å². The quantitative estimate of drug-likeness (QED) is 0.452. The largest absolute Gasteiger partial charge is 0.496 e. The standard InChI is InChI=1S/C21H20ClF8NO/c1-18(2,14-8-13(23)4-5-16(14)32-3)10-19(31,21(28,29)30)9-11-6-12(20(25,26)27)7-15(22)17(11)24/h4-8H,9-10,31H2,1-3H3. The molecule has 0 heterocycles. The average Bonchev–Trinajstić information content (AvgIpc) is 2.63. The molecule has 0 aliphatic carbocycles. The van der Waals surface area contributed by atoms with Crippen LogP contribution in [0.25, 0.3) is 0 Å². The lowest BCUT2D eigenvalue weighted by molar-refractivity contribution is -0.191. The van der Waals surface area contributed by atoms with E-state index in [0.717, 1.165) is 12.1 Å². The van der Waals surface area contributed by atoms with Crippen LogP contribution in [0.15, 0.2) is 30.3 Å². The van der Waals surface area contributed by atoms with Crippen molar-refractivity contribution in [2.45, 2.75) is 50.0 Å². The van der Waals surface area contributed by atoms with Crippen molar-refractivity contribution in [1.82, 2.24) is 0 Å². The van der Waals surface area contributed by atoms with Crippen molar-refractivity contribution in [3.05, 3.63) is 63.7 Å². The number of benzene rings is 2. The van der Waals surface area contributed by atoms with Crippen LogP contribution >= 0.6 is 11.6 Å². The van der Waals surface area contributed by atoms with Crippen LogP contribution in [0.4, 0.5) is 35.1 Å². The first-order valence-corrected chi connectivity index (χ1v) is 9.54. The summed E-state index contributed by atoms with van der Waals surface area (Å²) in [6.07, 6.45) is -12.4. The van der Waals surface area contributed by atoms with Gasteiger partial charge in [0.25, 0.3) is 0 Å². The summed E-state index contributed by atoms with van der Waals surface area (Å²) in [7, 11) is 1.24. The SMILES string of the molecule is COc1ccc(F)cc1C(C)(C)CC(N)(Cc1cc(C(F)(F)F)cc(Cl)c1F)C(F)(F)F. The molecule has 0 aliphatic heterocycles. The molecule has 2 N–H and O–H groups in total. The van der Waals surface area contributed by atoms with Gasteiger partial charge in [0.1, 0.15) is 22.9 Å². The Balaban J connectivity index is 2.58. The average molecular weight is 490 g/mol. The fraction of sp³-hybridized carbons (Fsp3) is 0.429. The molecule has 0 saturated heterocycles. The molecule has 0 fully saturated rings. The highest BCUT2D eigenvalue weighted by Gasteiger charge is 2.55. The Kier molecular flexibility index (Phi) is 7.12. The Morgan fingerprint density at radius 1 is 0.969 bits per heavy atom. The second kappa shape index (κ2) is 8.70. The predicted octanol–water partition coefficient (Wildman–Crippen LogP) is 6.82. The van der Waals surface area contributed by atoms with E-state index in [2.05, 4.69) is 0 Å². The zero-order valence-electron chi connectivity index (χ0n) is 17.2. The third-order valence-electron chi connectivity index (χ3n) is 5.15. The monoisotopic (exact) mass is 489 g/mol. The predicted molar refractivity (Wildman–Crippen MR) is 104 cm³/mol. The Morgan fingerprint density at radius 2 is 1.56 bits per heavy atom. The van der Waals surface area contributed by atoms with Crippen LogP contribution < -0.4 is 10.5 Å². The van der Waals surface area contributed by atoms with Gasteiger partial charge in [-0.05, 0) is 47.7 Å². The fourth-order valence-electron chi connectivity index (χ4n) is 3.63. The molecule has 11 heteroatoms. The lowest BCUT2D eigenvalue weighted by Crippen LogP contribution is -2.58. The van der Waals surface area contributed by atoms with Gasteiger partial charge in [0.05, 0.1) is 17.7 Å². The molecule has 2 nitrogen and oxygen atoms in total. The highest BCUT2D eigenvalue weighted by atomic mass is 35.5. The third-order valence-corrected chi connectivity index (χ3v) is 5.42. The molecule has 0 bridgehead atoms. The molecule has 0 aliphatic rings. The second-order valence-corrected chi connectivity index (χ2v) is 8.57. The summed E-state index contributed by atoms with van der Waals surface area (Å²) in [5.74, 6) is -2.08. The van der Waals surface area contributed by atoms with Gasteiger partial charge in [-0.2, -0.15) is 26.3 Å². The van der Waals surface area contributed by atoms with Crippen LogP contribution in [0.5, 0.6) is 5.75 Å². The molecule has 2 aromatic rings. The number of alkyl halides is 6. The maximum absolute atomic E-state index is 14.4. The van der Waals surface area contributed by atoms with Gasteiger partial charge >= 0.3 is 12.4 Å². The first-order chi connectivity index (χ1) is 14.4. The van der Waals surface area contributed by atoms with Crippen LogP contribution in [0.1, 0.15) is 37.0 Å². The molecule has 0 radical (unpaired) electrons. The Bertz CT molecular complexity index is 987. The summed E-state index contributed by atoms with van der Waals surface area (Å²) in [6.45, 7) is 2.68. The smallest absolute Gasteiger partial charge is 0.416 e. The molecule has 2 aromatic carbocycles. The summed E-state index contributed by atoms with van der Waals surface area (Å²) in [5, 5.41) is -0.981. The lowest BCUT2D eigenvalue weighted by Gasteiger charge is -2.39. The highest BCUT2D eigenvalue weighted by molar-refractivity contribution is 6.30. The highest BCUT2D eigenvalue weighted by Crippen LogP contribution is 2.45. The van der Waals surface area contributed by atoms with Crippen molar-refractivity contribution in [1.29, 1.82) is 0 Å². The lowest BCUT2D eigenvalue weighted by atomic mass is 9.71. The molecule has 1 unspecified atom stereocenters. The number of rotatable bonds is 6. The summed E-state index contributed by atoms with van der Waals surface area (Å²) in [6, 6.07) is 3.80. The number of hydrogen-bond acceptors (Lipinski definition) is 2. The molecule has 0 spiro atoms. The summed E-state index contributed by atoms with van der Waals surface area (Å²) in [4.78, 5) is 0. The van der Waals surface area contributed by atoms with E-state index in [1.165, 1.54) is 27.0 Å². The van der Waals surface area contributed by atoms with Crippen LogP contribution in [-0.2, 0) is 18.0 Å². The first-order valence-electron chi connectivity index (χ1n) is 9.16. The van der Waals surface area contributed by atoms with E-state index in [9.17, 15) is 35.1 Å². The molecule has 2 rings (SSSR count). The molecular formula is C21H20ClF8NO. The molecule has 178 valence electrons. The number of halogens is 9. The number of methoxy groups -OCH3 is 1. The zero-order chi connectivity index (χ0) is 24.7. The normalized spacial score (nSPS) is 14.9. The third kappa shape index (κ3) is 5.46. The van der Waals surface area contributed by atoms with Crippen LogP contribution in [-0.4, -0.2) is 18.8 Å². The van der Waals surface area contributed by atoms with Crippen molar-refractivity contribution in [2.24, 2.45) is 5.73 Å². The Labute approximate surface area is 184 Å². The molecule has 0 aromatic heterocycles. The summed E-state index contributed by atoms with van der Waals surface area (Å²) < 4.78 is 115. The van der Waals surface area contributed by atoms with E-state index in [1.807, 2.05) is 0 Å².